The molecule has 0 bridgehead atoms. The summed E-state index contributed by atoms with van der Waals surface area (Å²) in [5.41, 5.74) is -0.727. The Morgan fingerprint density at radius 3 is 1.08 bits per heavy atom. The zero-order valence-electron chi connectivity index (χ0n) is 16.3. The Morgan fingerprint density at radius 2 is 0.958 bits per heavy atom. The Kier molecular flexibility index (Phi) is 10.9. The zero-order chi connectivity index (χ0) is 19.6. The lowest BCUT2D eigenvalue weighted by Crippen LogP contribution is -2.33. The highest BCUT2D eigenvalue weighted by molar-refractivity contribution is 5.99. The van der Waals surface area contributed by atoms with Gasteiger partial charge in [0, 0.05) is 11.1 Å². The first-order chi connectivity index (χ1) is 10.7. The number of carboxylic acid groups (broad SMARTS) is 2. The van der Waals surface area contributed by atoms with Crippen molar-refractivity contribution in [3.05, 3.63) is 35.4 Å². The molecule has 0 radical (unpaired) electrons. The summed E-state index contributed by atoms with van der Waals surface area (Å²) in [6.45, 7) is 6.78. The molecule has 0 spiro atoms. The summed E-state index contributed by atoms with van der Waals surface area (Å²) in [4.78, 5) is 20.6. The molecule has 6 nitrogen and oxygen atoms in total. The van der Waals surface area contributed by atoms with Crippen molar-refractivity contribution >= 4 is 11.9 Å². The van der Waals surface area contributed by atoms with Crippen molar-refractivity contribution in [1.29, 1.82) is 0 Å². The molecule has 138 valence electrons. The van der Waals surface area contributed by atoms with Gasteiger partial charge in [0.25, 0.3) is 0 Å². The van der Waals surface area contributed by atoms with E-state index in [1.54, 1.807) is 0 Å². The maximum Gasteiger partial charge on any atom is 0.0751 e. The summed E-state index contributed by atoms with van der Waals surface area (Å²) < 4.78 is 2.14. The maximum absolute atomic E-state index is 10.3. The Hall–Kier alpha value is -1.92. The summed E-state index contributed by atoms with van der Waals surface area (Å²) in [6, 6.07) is 5.14. The highest BCUT2D eigenvalue weighted by atomic mass is 16.4. The predicted molar refractivity (Wildman–Crippen MR) is 92.2 cm³/mol. The second-order valence-electron chi connectivity index (χ2n) is 7.33. The molecule has 0 N–H and O–H groups in total. The predicted octanol–water partition coefficient (Wildman–Crippen LogP) is -0.161. The van der Waals surface area contributed by atoms with E-state index in [1.807, 2.05) is 0 Å². The SMILES string of the molecule is CC[N+](C)(C)C.CC[N+](C)(C)C.O=C([O-])c1ccccc1C(=O)[O-]. The average Bonchev–Trinajstić information content (AvgIpc) is 2.47. The van der Waals surface area contributed by atoms with E-state index in [9.17, 15) is 19.8 Å². The van der Waals surface area contributed by atoms with Crippen LogP contribution in [0.2, 0.25) is 0 Å². The number of hydrogen-bond donors (Lipinski definition) is 0. The molecule has 0 aliphatic rings. The lowest BCUT2D eigenvalue weighted by Gasteiger charge is -2.20. The van der Waals surface area contributed by atoms with Gasteiger partial charge in [-0.05, 0) is 13.8 Å². The minimum atomic E-state index is -1.52. The molecule has 0 heterocycles. The molecule has 0 aliphatic heterocycles. The Bertz CT molecular complexity index is 467. The van der Waals surface area contributed by atoms with Gasteiger partial charge in [0.1, 0.15) is 0 Å². The van der Waals surface area contributed by atoms with Gasteiger partial charge in [-0.3, -0.25) is 0 Å². The van der Waals surface area contributed by atoms with E-state index < -0.39 is 11.9 Å². The van der Waals surface area contributed by atoms with E-state index in [-0.39, 0.29) is 11.1 Å². The van der Waals surface area contributed by atoms with Crippen molar-refractivity contribution in [2.45, 2.75) is 13.8 Å². The molecule has 0 atom stereocenters. The van der Waals surface area contributed by atoms with Gasteiger partial charge in [0.2, 0.25) is 0 Å². The van der Waals surface area contributed by atoms with E-state index in [0.717, 1.165) is 21.1 Å². The third-order valence-corrected chi connectivity index (χ3v) is 3.26. The monoisotopic (exact) mass is 340 g/mol. The molecule has 1 rings (SSSR count). The topological polar surface area (TPSA) is 80.3 Å². The van der Waals surface area contributed by atoms with Gasteiger partial charge in [-0.15, -0.1) is 0 Å². The maximum atomic E-state index is 10.3. The van der Waals surface area contributed by atoms with Crippen molar-refractivity contribution in [3.63, 3.8) is 0 Å². The summed E-state index contributed by atoms with van der Waals surface area (Å²) in [7, 11) is 13.1. The third kappa shape index (κ3) is 13.7. The minimum Gasteiger partial charge on any atom is -0.545 e. The van der Waals surface area contributed by atoms with Crippen LogP contribution in [0.3, 0.4) is 0 Å². The molecule has 24 heavy (non-hydrogen) atoms. The van der Waals surface area contributed by atoms with Crippen LogP contribution in [-0.4, -0.2) is 76.3 Å². The molecule has 0 saturated heterocycles. The van der Waals surface area contributed by atoms with Crippen molar-refractivity contribution in [2.75, 3.05) is 55.4 Å². The molecule has 0 aromatic heterocycles. The van der Waals surface area contributed by atoms with Gasteiger partial charge >= 0.3 is 0 Å². The van der Waals surface area contributed by atoms with E-state index in [2.05, 4.69) is 56.1 Å². The largest absolute Gasteiger partial charge is 0.545 e. The fourth-order valence-electron chi connectivity index (χ4n) is 0.839. The molecule has 0 unspecified atom stereocenters. The van der Waals surface area contributed by atoms with Crippen LogP contribution < -0.4 is 10.2 Å². The highest BCUT2D eigenvalue weighted by Gasteiger charge is 2.01. The van der Waals surface area contributed by atoms with Gasteiger partial charge in [-0.25, -0.2) is 0 Å². The second-order valence-corrected chi connectivity index (χ2v) is 7.33. The smallest absolute Gasteiger partial charge is 0.0751 e. The Labute approximate surface area is 146 Å². The van der Waals surface area contributed by atoms with E-state index in [4.69, 9.17) is 0 Å². The number of carbonyl (C=O) groups is 2. The van der Waals surface area contributed by atoms with Gasteiger partial charge < -0.3 is 28.8 Å². The quantitative estimate of drug-likeness (QED) is 0.713. The van der Waals surface area contributed by atoms with E-state index in [0.29, 0.717) is 0 Å². The lowest BCUT2D eigenvalue weighted by atomic mass is 10.1. The van der Waals surface area contributed by atoms with Crippen molar-refractivity contribution in [2.24, 2.45) is 0 Å². The second kappa shape index (κ2) is 10.8. The molecule has 1 aromatic carbocycles. The normalized spacial score (nSPS) is 10.7. The molecule has 0 aliphatic carbocycles. The van der Waals surface area contributed by atoms with Crippen LogP contribution in [0.15, 0.2) is 24.3 Å². The molecular formula is C18H32N2O4. The summed E-state index contributed by atoms with van der Waals surface area (Å²) in [5, 5.41) is 20.6. The van der Waals surface area contributed by atoms with E-state index >= 15 is 0 Å². The standard InChI is InChI=1S/C8H6O4.2C5H14N/c9-7(10)5-3-1-2-4-6(5)8(11)12;2*1-5-6(2,3)4/h1-4H,(H,9,10)(H,11,12);2*5H2,1-4H3/q;2*+1/p-2. The van der Waals surface area contributed by atoms with Gasteiger partial charge in [0.15, 0.2) is 0 Å². The van der Waals surface area contributed by atoms with Crippen LogP contribution >= 0.6 is 0 Å². The van der Waals surface area contributed by atoms with Gasteiger partial charge in [-0.2, -0.15) is 0 Å². The lowest BCUT2D eigenvalue weighted by molar-refractivity contribution is -0.868. The average molecular weight is 340 g/mol. The number of hydrogen-bond acceptors (Lipinski definition) is 4. The molecule has 1 aromatic rings. The number of nitrogens with zero attached hydrogens (tertiary/aromatic N) is 2. The number of quaternary nitrogens is 2. The summed E-state index contributed by atoms with van der Waals surface area (Å²) in [6.07, 6.45) is 0. The number of carbonyl (C=O) groups excluding carboxylic acids is 2. The van der Waals surface area contributed by atoms with Crippen LogP contribution in [0, 0.1) is 0 Å². The molecule has 0 amide bonds. The van der Waals surface area contributed by atoms with Crippen molar-refractivity contribution in [3.8, 4) is 0 Å². The van der Waals surface area contributed by atoms with Crippen LogP contribution in [0.4, 0.5) is 0 Å². The van der Waals surface area contributed by atoms with Gasteiger partial charge in [-0.1, -0.05) is 24.3 Å². The minimum absolute atomic E-state index is 0.363. The number of aromatic carboxylic acids is 2. The first kappa shape index (κ1) is 24.3. The summed E-state index contributed by atoms with van der Waals surface area (Å²) >= 11 is 0. The molecular weight excluding hydrogens is 308 g/mol. The first-order valence-electron chi connectivity index (χ1n) is 7.87. The fraction of sp³-hybridized carbons (Fsp3) is 0.556. The zero-order valence-corrected chi connectivity index (χ0v) is 16.3. The Balaban J connectivity index is 0. The molecule has 0 saturated carbocycles. The highest BCUT2D eigenvalue weighted by Crippen LogP contribution is 2.05. The third-order valence-electron chi connectivity index (χ3n) is 3.26. The van der Waals surface area contributed by atoms with Crippen LogP contribution in [0.25, 0.3) is 0 Å². The number of carboxylic acids is 2. The van der Waals surface area contributed by atoms with Gasteiger partial charge in [0.05, 0.1) is 67.3 Å². The first-order valence-corrected chi connectivity index (χ1v) is 7.87. The van der Waals surface area contributed by atoms with Crippen LogP contribution in [0.5, 0.6) is 0 Å². The van der Waals surface area contributed by atoms with Crippen LogP contribution in [-0.2, 0) is 0 Å². The summed E-state index contributed by atoms with van der Waals surface area (Å²) in [5.74, 6) is -3.04. The van der Waals surface area contributed by atoms with Crippen molar-refractivity contribution < 1.29 is 28.8 Å². The molecule has 0 fully saturated rings. The Morgan fingerprint density at radius 1 is 0.750 bits per heavy atom. The number of rotatable bonds is 4. The fourth-order valence-corrected chi connectivity index (χ4v) is 0.839. The van der Waals surface area contributed by atoms with Crippen LogP contribution in [0.1, 0.15) is 34.6 Å². The van der Waals surface area contributed by atoms with E-state index in [1.165, 1.54) is 25.2 Å². The molecule has 6 heteroatoms. The number of benzene rings is 1. The van der Waals surface area contributed by atoms with Crippen molar-refractivity contribution in [1.82, 2.24) is 0 Å².